The predicted octanol–water partition coefficient (Wildman–Crippen LogP) is 4.70. The quantitative estimate of drug-likeness (QED) is 0.447. The highest BCUT2D eigenvalue weighted by Gasteiger charge is 2.34. The molecule has 1 unspecified atom stereocenters. The van der Waals surface area contributed by atoms with Crippen molar-refractivity contribution in [3.05, 3.63) is 71.8 Å². The molecule has 2 amide bonds. The zero-order chi connectivity index (χ0) is 26.6. The number of aromatic amines is 1. The van der Waals surface area contributed by atoms with E-state index >= 15 is 0 Å². The van der Waals surface area contributed by atoms with Crippen LogP contribution in [0, 0.1) is 0 Å². The Labute approximate surface area is 209 Å². The number of ether oxygens (including phenoxy) is 3. The van der Waals surface area contributed by atoms with Gasteiger partial charge in [0.25, 0.3) is 5.91 Å². The largest absolute Gasteiger partial charge is 0.573 e. The number of amides is 2. The fourth-order valence-electron chi connectivity index (χ4n) is 3.58. The van der Waals surface area contributed by atoms with Gasteiger partial charge < -0.3 is 24.5 Å². The summed E-state index contributed by atoms with van der Waals surface area (Å²) in [6, 6.07) is 10.6. The number of carbonyl (C=O) groups is 2. The van der Waals surface area contributed by atoms with Gasteiger partial charge in [0.1, 0.15) is 17.5 Å². The number of halogens is 3. The van der Waals surface area contributed by atoms with E-state index in [9.17, 15) is 22.8 Å². The minimum absolute atomic E-state index is 0.0543. The number of methoxy groups -OCH3 is 1. The molecule has 4 rings (SSSR count). The molecule has 0 fully saturated rings. The minimum atomic E-state index is -4.88. The number of cyclic esters (lactones) is 1. The second-order valence-electron chi connectivity index (χ2n) is 7.84. The van der Waals surface area contributed by atoms with Gasteiger partial charge in [-0.3, -0.25) is 4.79 Å². The molecule has 0 aliphatic carbocycles. The molecule has 3 aromatic rings. The van der Waals surface area contributed by atoms with E-state index in [1.807, 2.05) is 0 Å². The second-order valence-corrected chi connectivity index (χ2v) is 7.84. The van der Waals surface area contributed by atoms with Crippen LogP contribution in [0.4, 0.5) is 23.7 Å². The number of hydrogen-bond acceptors (Lipinski definition) is 7. The molecule has 1 aliphatic heterocycles. The lowest BCUT2D eigenvalue weighted by atomic mass is 10.0. The van der Waals surface area contributed by atoms with Crippen LogP contribution in [0.5, 0.6) is 11.5 Å². The molecule has 37 heavy (non-hydrogen) atoms. The van der Waals surface area contributed by atoms with E-state index in [2.05, 4.69) is 25.1 Å². The average Bonchev–Trinajstić information content (AvgIpc) is 3.41. The van der Waals surface area contributed by atoms with Crippen LogP contribution in [0.15, 0.2) is 60.1 Å². The third kappa shape index (κ3) is 6.18. The van der Waals surface area contributed by atoms with Crippen molar-refractivity contribution in [1.29, 1.82) is 0 Å². The molecular formula is C24H22F3N5O5. The maximum Gasteiger partial charge on any atom is 0.573 e. The van der Waals surface area contributed by atoms with E-state index in [1.165, 1.54) is 31.8 Å². The maximum absolute atomic E-state index is 12.7. The number of H-pyrrole nitrogens is 1. The van der Waals surface area contributed by atoms with Gasteiger partial charge in [-0.2, -0.15) is 10.1 Å². The summed E-state index contributed by atoms with van der Waals surface area (Å²) in [5.74, 6) is -1.03. The third-order valence-corrected chi connectivity index (χ3v) is 5.32. The molecular weight excluding hydrogens is 495 g/mol. The number of nitrogens with zero attached hydrogens (tertiary/aromatic N) is 3. The molecule has 0 bridgehead atoms. The molecule has 1 aromatic heterocycles. The molecule has 0 saturated carbocycles. The van der Waals surface area contributed by atoms with Crippen LogP contribution in [0.25, 0.3) is 0 Å². The topological polar surface area (TPSA) is 118 Å². The smallest absolute Gasteiger partial charge is 0.493 e. The highest BCUT2D eigenvalue weighted by molar-refractivity contribution is 6.06. The van der Waals surface area contributed by atoms with Crippen LogP contribution in [0.1, 0.15) is 35.0 Å². The number of carbonyl (C=O) groups excluding carboxylic acids is 2. The van der Waals surface area contributed by atoms with E-state index in [0.717, 1.165) is 11.1 Å². The normalized spacial score (nSPS) is 15.6. The molecule has 0 radical (unpaired) electrons. The van der Waals surface area contributed by atoms with Gasteiger partial charge >= 0.3 is 12.5 Å². The first-order valence-electron chi connectivity index (χ1n) is 11.1. The van der Waals surface area contributed by atoms with E-state index in [0.29, 0.717) is 28.9 Å². The van der Waals surface area contributed by atoms with Gasteiger partial charge in [0.2, 0.25) is 0 Å². The lowest BCUT2D eigenvalue weighted by Crippen LogP contribution is -2.41. The van der Waals surface area contributed by atoms with Crippen molar-refractivity contribution in [1.82, 2.24) is 15.0 Å². The van der Waals surface area contributed by atoms with Crippen molar-refractivity contribution in [2.24, 2.45) is 5.10 Å². The Hall–Kier alpha value is -4.55. The van der Waals surface area contributed by atoms with Crippen LogP contribution in [-0.2, 0) is 11.3 Å². The number of hydrogen-bond donors (Lipinski definition) is 2. The molecule has 0 spiro atoms. The Kier molecular flexibility index (Phi) is 7.32. The third-order valence-electron chi connectivity index (χ3n) is 5.32. The van der Waals surface area contributed by atoms with E-state index in [1.54, 1.807) is 31.2 Å². The summed E-state index contributed by atoms with van der Waals surface area (Å²) in [6.45, 7) is 1.84. The highest BCUT2D eigenvalue weighted by atomic mass is 19.4. The van der Waals surface area contributed by atoms with E-state index in [-0.39, 0.29) is 23.9 Å². The number of imidazole rings is 1. The molecule has 10 nitrogen and oxygen atoms in total. The Morgan fingerprint density at radius 3 is 2.57 bits per heavy atom. The van der Waals surface area contributed by atoms with Gasteiger partial charge in [-0.1, -0.05) is 19.1 Å². The first-order chi connectivity index (χ1) is 17.7. The minimum Gasteiger partial charge on any atom is -0.493 e. The molecule has 2 N–H and O–H groups in total. The summed E-state index contributed by atoms with van der Waals surface area (Å²) in [5.41, 5.74) is 2.22. The molecule has 2 aromatic carbocycles. The van der Waals surface area contributed by atoms with Crippen molar-refractivity contribution in [2.75, 3.05) is 12.4 Å². The summed E-state index contributed by atoms with van der Waals surface area (Å²) in [7, 11) is 1.22. The highest BCUT2D eigenvalue weighted by Crippen LogP contribution is 2.34. The lowest BCUT2D eigenvalue weighted by molar-refractivity contribution is -0.275. The molecule has 194 valence electrons. The fourth-order valence-corrected chi connectivity index (χ4v) is 3.58. The van der Waals surface area contributed by atoms with E-state index in [4.69, 9.17) is 9.47 Å². The molecule has 13 heteroatoms. The monoisotopic (exact) mass is 517 g/mol. The van der Waals surface area contributed by atoms with E-state index < -0.39 is 24.3 Å². The number of rotatable bonds is 8. The number of aromatic nitrogens is 2. The molecule has 0 saturated heterocycles. The number of nitrogens with one attached hydrogen (secondary N) is 2. The number of anilines is 1. The summed E-state index contributed by atoms with van der Waals surface area (Å²) in [4.78, 5) is 31.3. The average molecular weight is 517 g/mol. The van der Waals surface area contributed by atoms with Gasteiger partial charge in [-0.15, -0.1) is 13.2 Å². The SMILES string of the molecule is CCC1OC(=O)N(Cc2ccc(NC(=O)c3c[nH]cn3)cc2)N=C1c1ccc(OC(F)(F)F)c(OC)c1. The lowest BCUT2D eigenvalue weighted by Gasteiger charge is -2.29. The summed E-state index contributed by atoms with van der Waals surface area (Å²) in [6.07, 6.45) is -3.00. The summed E-state index contributed by atoms with van der Waals surface area (Å²) in [5, 5.41) is 8.27. The van der Waals surface area contributed by atoms with Crippen LogP contribution >= 0.6 is 0 Å². The standard InChI is InChI=1S/C24H22F3N5O5/c1-3-18-21(15-6-9-19(20(10-15)35-2)37-24(25,26)27)31-32(23(34)36-18)12-14-4-7-16(8-5-14)30-22(33)17-11-28-13-29-17/h4-11,13,18H,3,12H2,1-2H3,(H,28,29)(H,30,33). The van der Waals surface area contributed by atoms with Crippen LogP contribution in [0.2, 0.25) is 0 Å². The number of alkyl halides is 3. The van der Waals surface area contributed by atoms with Crippen LogP contribution in [-0.4, -0.2) is 52.3 Å². The molecule has 1 aliphatic rings. The van der Waals surface area contributed by atoms with Crippen molar-refractivity contribution in [3.8, 4) is 11.5 Å². The number of benzene rings is 2. The Morgan fingerprint density at radius 1 is 1.19 bits per heavy atom. The first-order valence-corrected chi connectivity index (χ1v) is 11.1. The zero-order valence-electron chi connectivity index (χ0n) is 19.7. The van der Waals surface area contributed by atoms with Crippen molar-refractivity contribution >= 4 is 23.4 Å². The van der Waals surface area contributed by atoms with Crippen LogP contribution in [0.3, 0.4) is 0 Å². The summed E-state index contributed by atoms with van der Waals surface area (Å²) >= 11 is 0. The Morgan fingerprint density at radius 2 is 1.95 bits per heavy atom. The van der Waals surface area contributed by atoms with Gasteiger partial charge in [0.15, 0.2) is 11.5 Å². The first kappa shape index (κ1) is 25.5. The fraction of sp³-hybridized carbons (Fsp3) is 0.250. The summed E-state index contributed by atoms with van der Waals surface area (Å²) < 4.78 is 52.7. The van der Waals surface area contributed by atoms with Crippen molar-refractivity contribution in [3.63, 3.8) is 0 Å². The van der Waals surface area contributed by atoms with Gasteiger partial charge in [0.05, 0.1) is 20.0 Å². The maximum atomic E-state index is 12.7. The second kappa shape index (κ2) is 10.6. The predicted molar refractivity (Wildman–Crippen MR) is 125 cm³/mol. The van der Waals surface area contributed by atoms with Gasteiger partial charge in [-0.25, -0.2) is 9.78 Å². The van der Waals surface area contributed by atoms with Crippen molar-refractivity contribution in [2.45, 2.75) is 32.4 Å². The van der Waals surface area contributed by atoms with Crippen molar-refractivity contribution < 1.29 is 37.0 Å². The Bertz CT molecular complexity index is 1290. The molecule has 2 heterocycles. The van der Waals surface area contributed by atoms with Crippen LogP contribution < -0.4 is 14.8 Å². The molecule has 1 atom stereocenters. The van der Waals surface area contributed by atoms with Gasteiger partial charge in [-0.05, 0) is 42.3 Å². The Balaban J connectivity index is 1.53. The van der Waals surface area contributed by atoms with Gasteiger partial charge in [0, 0.05) is 17.4 Å². The zero-order valence-corrected chi connectivity index (χ0v) is 19.7. The number of hydrazone groups is 1.